The van der Waals surface area contributed by atoms with Gasteiger partial charge in [0, 0.05) is 12.7 Å². The van der Waals surface area contributed by atoms with E-state index in [0.717, 1.165) is 5.56 Å². The zero-order valence-electron chi connectivity index (χ0n) is 16.1. The second kappa shape index (κ2) is 7.93. The van der Waals surface area contributed by atoms with Gasteiger partial charge in [-0.3, -0.25) is 4.79 Å². The first kappa shape index (κ1) is 19.6. The quantitative estimate of drug-likeness (QED) is 0.344. The number of hydrogen-bond donors (Lipinski definition) is 4. The number of primary amides is 1. The van der Waals surface area contributed by atoms with E-state index in [1.165, 1.54) is 0 Å². The number of aromatic nitrogens is 4. The summed E-state index contributed by atoms with van der Waals surface area (Å²) in [5.74, 6) is 0.859. The SMILES string of the molecule is Cc1nc(NCc2cccc(B(O)O)c2)nc(-c2ccc3c(C(N)=O)cccn23)n1. The van der Waals surface area contributed by atoms with Crippen molar-refractivity contribution in [2.24, 2.45) is 5.73 Å². The van der Waals surface area contributed by atoms with Crippen molar-refractivity contribution in [1.29, 1.82) is 0 Å². The van der Waals surface area contributed by atoms with Gasteiger partial charge in [-0.2, -0.15) is 9.97 Å². The van der Waals surface area contributed by atoms with Crippen LogP contribution in [0.5, 0.6) is 0 Å². The van der Waals surface area contributed by atoms with Crippen molar-refractivity contribution in [2.45, 2.75) is 13.5 Å². The second-order valence-electron chi connectivity index (χ2n) is 6.76. The smallest absolute Gasteiger partial charge is 0.423 e. The zero-order chi connectivity index (χ0) is 21.3. The summed E-state index contributed by atoms with van der Waals surface area (Å²) in [4.78, 5) is 24.9. The number of fused-ring (bicyclic) bond motifs is 1. The Balaban J connectivity index is 1.64. The number of pyridine rings is 1. The van der Waals surface area contributed by atoms with Crippen molar-refractivity contribution in [3.05, 3.63) is 71.7 Å². The van der Waals surface area contributed by atoms with E-state index in [-0.39, 0.29) is 0 Å². The van der Waals surface area contributed by atoms with Gasteiger partial charge >= 0.3 is 7.12 Å². The van der Waals surface area contributed by atoms with Crippen molar-refractivity contribution >= 4 is 30.0 Å². The number of rotatable bonds is 6. The van der Waals surface area contributed by atoms with E-state index >= 15 is 0 Å². The molecule has 0 bridgehead atoms. The summed E-state index contributed by atoms with van der Waals surface area (Å²) in [7, 11) is -1.52. The van der Waals surface area contributed by atoms with Crippen LogP contribution in [0, 0.1) is 6.92 Å². The monoisotopic (exact) mass is 402 g/mol. The minimum atomic E-state index is -1.52. The molecular weight excluding hydrogens is 383 g/mol. The molecule has 3 heterocycles. The Morgan fingerprint density at radius 3 is 2.73 bits per heavy atom. The molecule has 3 aromatic heterocycles. The lowest BCUT2D eigenvalue weighted by Gasteiger charge is -2.09. The van der Waals surface area contributed by atoms with Crippen molar-refractivity contribution in [2.75, 3.05) is 5.32 Å². The zero-order valence-corrected chi connectivity index (χ0v) is 16.1. The van der Waals surface area contributed by atoms with Gasteiger partial charge in [0.05, 0.1) is 16.8 Å². The molecule has 9 nitrogen and oxygen atoms in total. The number of anilines is 1. The molecule has 30 heavy (non-hydrogen) atoms. The van der Waals surface area contributed by atoms with Crippen LogP contribution in [0.2, 0.25) is 0 Å². The third-order valence-corrected chi connectivity index (χ3v) is 4.63. The van der Waals surface area contributed by atoms with E-state index in [4.69, 9.17) is 5.73 Å². The highest BCUT2D eigenvalue weighted by molar-refractivity contribution is 6.58. The first-order valence-corrected chi connectivity index (χ1v) is 9.24. The summed E-state index contributed by atoms with van der Waals surface area (Å²) >= 11 is 0. The molecule has 0 aliphatic rings. The van der Waals surface area contributed by atoms with Crippen LogP contribution in [0.4, 0.5) is 5.95 Å². The number of benzene rings is 1. The first-order chi connectivity index (χ1) is 14.4. The van der Waals surface area contributed by atoms with Gasteiger partial charge in [-0.15, -0.1) is 0 Å². The standard InChI is InChI=1S/C20H19BN6O3/c1-12-24-19(17-8-7-16-15(18(22)28)6-3-9-27(16)17)26-20(25-12)23-11-13-4-2-5-14(10-13)21(29)30/h2-10,29-30H,11H2,1H3,(H2,22,28)(H,23,24,25,26). The van der Waals surface area contributed by atoms with Gasteiger partial charge in [0.2, 0.25) is 5.95 Å². The van der Waals surface area contributed by atoms with Crippen LogP contribution < -0.4 is 16.5 Å². The van der Waals surface area contributed by atoms with Gasteiger partial charge in [0.25, 0.3) is 5.91 Å². The maximum atomic E-state index is 11.7. The predicted octanol–water partition coefficient (Wildman–Crippen LogP) is 0.491. The molecule has 0 fully saturated rings. The summed E-state index contributed by atoms with van der Waals surface area (Å²) in [5.41, 5.74) is 8.51. The van der Waals surface area contributed by atoms with Gasteiger partial charge in [-0.05, 0) is 42.2 Å². The molecule has 0 radical (unpaired) electrons. The molecule has 1 amide bonds. The summed E-state index contributed by atoms with van der Waals surface area (Å²) in [6.45, 7) is 2.16. The number of carbonyl (C=O) groups excluding carboxylic acids is 1. The van der Waals surface area contributed by atoms with Crippen LogP contribution in [0.1, 0.15) is 21.7 Å². The topological polar surface area (TPSA) is 139 Å². The number of carbonyl (C=O) groups is 1. The lowest BCUT2D eigenvalue weighted by molar-refractivity contribution is 0.100. The maximum Gasteiger partial charge on any atom is 0.488 e. The molecule has 0 aliphatic heterocycles. The fourth-order valence-electron chi connectivity index (χ4n) is 3.25. The van der Waals surface area contributed by atoms with Gasteiger partial charge in [-0.1, -0.05) is 24.3 Å². The molecule has 10 heteroatoms. The predicted molar refractivity (Wildman–Crippen MR) is 113 cm³/mol. The van der Waals surface area contributed by atoms with Gasteiger partial charge in [-0.25, -0.2) is 4.98 Å². The van der Waals surface area contributed by atoms with Crippen LogP contribution in [-0.4, -0.2) is 42.4 Å². The normalized spacial score (nSPS) is 10.9. The Bertz CT molecular complexity index is 1240. The minimum Gasteiger partial charge on any atom is -0.423 e. The molecule has 0 saturated carbocycles. The Morgan fingerprint density at radius 1 is 1.13 bits per heavy atom. The third-order valence-electron chi connectivity index (χ3n) is 4.63. The first-order valence-electron chi connectivity index (χ1n) is 9.24. The van der Waals surface area contributed by atoms with Crippen LogP contribution in [0.3, 0.4) is 0 Å². The molecule has 150 valence electrons. The lowest BCUT2D eigenvalue weighted by Crippen LogP contribution is -2.30. The van der Waals surface area contributed by atoms with E-state index in [1.54, 1.807) is 43.3 Å². The largest absolute Gasteiger partial charge is 0.488 e. The van der Waals surface area contributed by atoms with Crippen molar-refractivity contribution in [3.63, 3.8) is 0 Å². The highest BCUT2D eigenvalue weighted by Gasteiger charge is 2.14. The lowest BCUT2D eigenvalue weighted by atomic mass is 9.80. The summed E-state index contributed by atoms with van der Waals surface area (Å²) in [6, 6.07) is 14.0. The average Bonchev–Trinajstić information content (AvgIpc) is 3.16. The molecule has 0 atom stereocenters. The van der Waals surface area contributed by atoms with Crippen molar-refractivity contribution < 1.29 is 14.8 Å². The van der Waals surface area contributed by atoms with Crippen LogP contribution >= 0.6 is 0 Å². The summed E-state index contributed by atoms with van der Waals surface area (Å²) in [6.07, 6.45) is 1.81. The molecule has 5 N–H and O–H groups in total. The Kier molecular flexibility index (Phi) is 5.17. The van der Waals surface area contributed by atoms with Crippen LogP contribution in [0.15, 0.2) is 54.7 Å². The van der Waals surface area contributed by atoms with E-state index in [0.29, 0.717) is 46.4 Å². The van der Waals surface area contributed by atoms with Crippen LogP contribution in [-0.2, 0) is 6.54 Å². The highest BCUT2D eigenvalue weighted by atomic mass is 16.4. The second-order valence-corrected chi connectivity index (χ2v) is 6.76. The molecule has 0 aliphatic carbocycles. The molecular formula is C20H19BN6O3. The number of nitrogens with one attached hydrogen (secondary N) is 1. The third kappa shape index (κ3) is 3.86. The molecule has 4 rings (SSSR count). The van der Waals surface area contributed by atoms with Gasteiger partial charge in [0.15, 0.2) is 5.82 Å². The minimum absolute atomic E-state index is 0.383. The fraction of sp³-hybridized carbons (Fsp3) is 0.100. The number of amides is 1. The average molecular weight is 402 g/mol. The van der Waals surface area contributed by atoms with E-state index in [9.17, 15) is 14.8 Å². The fourth-order valence-corrected chi connectivity index (χ4v) is 3.25. The summed E-state index contributed by atoms with van der Waals surface area (Å²) < 4.78 is 1.81. The molecule has 1 aromatic carbocycles. The molecule has 0 spiro atoms. The van der Waals surface area contributed by atoms with E-state index < -0.39 is 13.0 Å². The number of hydrogen-bond acceptors (Lipinski definition) is 7. The molecule has 0 saturated heterocycles. The number of aryl methyl sites for hydroxylation is 1. The van der Waals surface area contributed by atoms with Gasteiger partial charge in [0.1, 0.15) is 5.82 Å². The Labute approximate surface area is 172 Å². The number of nitrogens with zero attached hydrogens (tertiary/aromatic N) is 4. The molecule has 0 unspecified atom stereocenters. The Morgan fingerprint density at radius 2 is 1.97 bits per heavy atom. The van der Waals surface area contributed by atoms with E-state index in [2.05, 4.69) is 20.3 Å². The van der Waals surface area contributed by atoms with Crippen molar-refractivity contribution in [3.8, 4) is 11.5 Å². The van der Waals surface area contributed by atoms with Gasteiger partial charge < -0.3 is 25.5 Å². The number of nitrogens with two attached hydrogens (primary N) is 1. The summed E-state index contributed by atoms with van der Waals surface area (Å²) in [5, 5.41) is 21.8. The van der Waals surface area contributed by atoms with Crippen LogP contribution in [0.25, 0.3) is 17.0 Å². The van der Waals surface area contributed by atoms with Crippen molar-refractivity contribution in [1.82, 2.24) is 19.4 Å². The molecule has 4 aromatic rings. The Hall–Kier alpha value is -3.76. The highest BCUT2D eigenvalue weighted by Crippen LogP contribution is 2.22. The van der Waals surface area contributed by atoms with E-state index in [1.807, 2.05) is 22.7 Å². The maximum absolute atomic E-state index is 11.7.